The third-order valence-electron chi connectivity index (χ3n) is 1.58. The predicted octanol–water partition coefficient (Wildman–Crippen LogP) is -0.858. The van der Waals surface area contributed by atoms with Crippen LogP contribution in [0, 0.1) is 0 Å². The largest absolute Gasteiger partial charge is 0.500 e. The molecule has 0 aromatic rings. The van der Waals surface area contributed by atoms with Gasteiger partial charge < -0.3 is 9.84 Å². The Kier molecular flexibility index (Phi) is 2.44. The number of rotatable bonds is 2. The summed E-state index contributed by atoms with van der Waals surface area (Å²) in [5, 5.41) is 11.0. The average molecular weight is 171 g/mol. The van der Waals surface area contributed by atoms with Gasteiger partial charge in [0.25, 0.3) is 0 Å². The Morgan fingerprint density at radius 3 is 2.92 bits per heavy atom. The monoisotopic (exact) mass is 171 g/mol. The number of carbonyl (C=O) groups excluding carboxylic acids is 1. The van der Waals surface area contributed by atoms with E-state index < -0.39 is 17.8 Å². The molecule has 0 spiro atoms. The number of hydrogen-bond acceptors (Lipinski definition) is 4. The second kappa shape index (κ2) is 3.36. The Morgan fingerprint density at radius 1 is 1.83 bits per heavy atom. The molecule has 0 saturated heterocycles. The van der Waals surface area contributed by atoms with Gasteiger partial charge in [-0.05, 0) is 0 Å². The van der Waals surface area contributed by atoms with Gasteiger partial charge in [0.1, 0.15) is 5.76 Å². The lowest BCUT2D eigenvalue weighted by Gasteiger charge is -2.17. The molecule has 0 aliphatic carbocycles. The van der Waals surface area contributed by atoms with Crippen LogP contribution in [-0.2, 0) is 14.3 Å². The van der Waals surface area contributed by atoms with Crippen LogP contribution in [0.4, 0.5) is 0 Å². The first-order valence-corrected chi connectivity index (χ1v) is 3.39. The zero-order valence-electron chi connectivity index (χ0n) is 6.53. The average Bonchev–Trinajstić information content (AvgIpc) is 2.03. The third-order valence-corrected chi connectivity index (χ3v) is 1.58. The fourth-order valence-corrected chi connectivity index (χ4v) is 0.936. The molecule has 0 bridgehead atoms. The van der Waals surface area contributed by atoms with E-state index in [1.165, 1.54) is 13.2 Å². The van der Waals surface area contributed by atoms with Crippen molar-refractivity contribution in [3.8, 4) is 0 Å². The van der Waals surface area contributed by atoms with Gasteiger partial charge in [0.05, 0.1) is 13.7 Å². The number of methoxy groups -OCH3 is 1. The number of carboxylic acids is 1. The lowest BCUT2D eigenvalue weighted by Crippen LogP contribution is -2.46. The molecule has 1 unspecified atom stereocenters. The number of ketones is 1. The minimum absolute atomic E-state index is 0.277. The van der Waals surface area contributed by atoms with Gasteiger partial charge in [-0.25, -0.2) is 0 Å². The van der Waals surface area contributed by atoms with Crippen molar-refractivity contribution in [2.75, 3.05) is 13.7 Å². The Balaban J connectivity index is 2.73. The fraction of sp³-hybridized carbons (Fsp3) is 0.429. The van der Waals surface area contributed by atoms with E-state index in [0.29, 0.717) is 5.76 Å². The summed E-state index contributed by atoms with van der Waals surface area (Å²) in [5.74, 6) is -1.19. The zero-order valence-corrected chi connectivity index (χ0v) is 6.53. The Bertz CT molecular complexity index is 246. The first-order chi connectivity index (χ1) is 5.65. The van der Waals surface area contributed by atoms with Gasteiger partial charge in [0, 0.05) is 6.08 Å². The summed E-state index contributed by atoms with van der Waals surface area (Å²) < 4.78 is 4.77. The topological polar surface area (TPSA) is 75.6 Å². The Hall–Kier alpha value is -1.36. The maximum atomic E-state index is 11.0. The van der Waals surface area contributed by atoms with Crippen molar-refractivity contribution in [3.63, 3.8) is 0 Å². The SMILES string of the molecule is COC1=CC(=O)C(C(=O)O)NC1. The maximum Gasteiger partial charge on any atom is 0.328 e. The van der Waals surface area contributed by atoms with Crippen molar-refractivity contribution in [1.29, 1.82) is 0 Å². The molecule has 0 saturated carbocycles. The molecule has 0 aromatic heterocycles. The smallest absolute Gasteiger partial charge is 0.328 e. The van der Waals surface area contributed by atoms with E-state index in [4.69, 9.17) is 9.84 Å². The van der Waals surface area contributed by atoms with Crippen LogP contribution in [0.3, 0.4) is 0 Å². The third kappa shape index (κ3) is 1.62. The molecule has 66 valence electrons. The molecule has 5 heteroatoms. The van der Waals surface area contributed by atoms with Crippen LogP contribution in [0.15, 0.2) is 11.8 Å². The molecule has 2 N–H and O–H groups in total. The first kappa shape index (κ1) is 8.73. The molecular formula is C7H9NO4. The summed E-state index contributed by atoms with van der Waals surface area (Å²) in [6.45, 7) is 0.277. The summed E-state index contributed by atoms with van der Waals surface area (Å²) in [6, 6.07) is -1.12. The van der Waals surface area contributed by atoms with Crippen LogP contribution in [0.5, 0.6) is 0 Å². The highest BCUT2D eigenvalue weighted by Crippen LogP contribution is 2.03. The highest BCUT2D eigenvalue weighted by Gasteiger charge is 2.28. The van der Waals surface area contributed by atoms with E-state index in [1.807, 2.05) is 0 Å². The fourth-order valence-electron chi connectivity index (χ4n) is 0.936. The molecular weight excluding hydrogens is 162 g/mol. The Morgan fingerprint density at radius 2 is 2.50 bits per heavy atom. The number of aliphatic carboxylic acids is 1. The number of carboxylic acid groups (broad SMARTS) is 1. The van der Waals surface area contributed by atoms with Crippen molar-refractivity contribution in [2.24, 2.45) is 0 Å². The summed E-state index contributed by atoms with van der Waals surface area (Å²) in [7, 11) is 1.43. The van der Waals surface area contributed by atoms with Crippen molar-refractivity contribution >= 4 is 11.8 Å². The van der Waals surface area contributed by atoms with Crippen molar-refractivity contribution < 1.29 is 19.4 Å². The van der Waals surface area contributed by atoms with E-state index in [9.17, 15) is 9.59 Å². The van der Waals surface area contributed by atoms with Gasteiger partial charge in [-0.3, -0.25) is 14.9 Å². The summed E-state index contributed by atoms with van der Waals surface area (Å²) >= 11 is 0. The van der Waals surface area contributed by atoms with Crippen molar-refractivity contribution in [1.82, 2.24) is 5.32 Å². The molecule has 1 heterocycles. The van der Waals surface area contributed by atoms with E-state index in [0.717, 1.165) is 0 Å². The molecule has 1 rings (SSSR count). The minimum Gasteiger partial charge on any atom is -0.500 e. The lowest BCUT2D eigenvalue weighted by atomic mass is 10.1. The second-order valence-corrected chi connectivity index (χ2v) is 2.37. The van der Waals surface area contributed by atoms with Gasteiger partial charge in [-0.2, -0.15) is 0 Å². The van der Waals surface area contributed by atoms with Gasteiger partial charge in [0.15, 0.2) is 11.8 Å². The van der Waals surface area contributed by atoms with E-state index in [1.54, 1.807) is 0 Å². The van der Waals surface area contributed by atoms with Gasteiger partial charge in [0.2, 0.25) is 0 Å². The maximum absolute atomic E-state index is 11.0. The summed E-state index contributed by atoms with van der Waals surface area (Å²) in [4.78, 5) is 21.4. The zero-order chi connectivity index (χ0) is 9.14. The molecule has 0 aromatic carbocycles. The predicted molar refractivity (Wildman–Crippen MR) is 39.5 cm³/mol. The molecule has 12 heavy (non-hydrogen) atoms. The van der Waals surface area contributed by atoms with Crippen molar-refractivity contribution in [2.45, 2.75) is 6.04 Å². The minimum atomic E-state index is -1.16. The normalized spacial score (nSPS) is 23.2. The molecule has 5 nitrogen and oxygen atoms in total. The van der Waals surface area contributed by atoms with Crippen LogP contribution in [0.25, 0.3) is 0 Å². The number of hydrogen-bond donors (Lipinski definition) is 2. The van der Waals surface area contributed by atoms with E-state index >= 15 is 0 Å². The van der Waals surface area contributed by atoms with E-state index in [-0.39, 0.29) is 6.54 Å². The molecule has 1 atom stereocenters. The molecule has 0 radical (unpaired) electrons. The van der Waals surface area contributed by atoms with E-state index in [2.05, 4.69) is 5.32 Å². The molecule has 1 aliphatic rings. The molecule has 1 aliphatic heterocycles. The van der Waals surface area contributed by atoms with Crippen LogP contribution in [-0.4, -0.2) is 36.6 Å². The standard InChI is InChI=1S/C7H9NO4/c1-12-4-2-5(9)6(7(10)11)8-3-4/h2,6,8H,3H2,1H3,(H,10,11). The van der Waals surface area contributed by atoms with Crippen LogP contribution in [0.1, 0.15) is 0 Å². The van der Waals surface area contributed by atoms with Crippen LogP contribution in [0.2, 0.25) is 0 Å². The number of ether oxygens (including phenoxy) is 1. The number of nitrogens with one attached hydrogen (secondary N) is 1. The highest BCUT2D eigenvalue weighted by atomic mass is 16.5. The number of carbonyl (C=O) groups is 2. The van der Waals surface area contributed by atoms with Crippen molar-refractivity contribution in [3.05, 3.63) is 11.8 Å². The van der Waals surface area contributed by atoms with Crippen LogP contribution < -0.4 is 5.32 Å². The van der Waals surface area contributed by atoms with Gasteiger partial charge in [-0.15, -0.1) is 0 Å². The first-order valence-electron chi connectivity index (χ1n) is 3.39. The Labute approximate surface area is 69.0 Å². The quantitative estimate of drug-likeness (QED) is 0.529. The van der Waals surface area contributed by atoms with Gasteiger partial charge in [-0.1, -0.05) is 0 Å². The van der Waals surface area contributed by atoms with Crippen LogP contribution >= 0.6 is 0 Å². The summed E-state index contributed by atoms with van der Waals surface area (Å²) in [6.07, 6.45) is 1.20. The summed E-state index contributed by atoms with van der Waals surface area (Å²) in [5.41, 5.74) is 0. The molecule has 0 fully saturated rings. The highest BCUT2D eigenvalue weighted by molar-refractivity contribution is 6.08. The molecule has 0 amide bonds. The van der Waals surface area contributed by atoms with Gasteiger partial charge >= 0.3 is 5.97 Å². The lowest BCUT2D eigenvalue weighted by molar-refractivity contribution is -0.142. The second-order valence-electron chi connectivity index (χ2n) is 2.37.